The van der Waals surface area contributed by atoms with Crippen LogP contribution in [0.2, 0.25) is 0 Å². The number of carbonyl (C=O) groups is 1. The molecule has 0 aliphatic carbocycles. The van der Waals surface area contributed by atoms with Gasteiger partial charge in [-0.2, -0.15) is 0 Å². The Balaban J connectivity index is 1.74. The van der Waals surface area contributed by atoms with Crippen molar-refractivity contribution in [1.29, 1.82) is 0 Å². The lowest BCUT2D eigenvalue weighted by Crippen LogP contribution is -2.23. The highest BCUT2D eigenvalue weighted by Gasteiger charge is 2.21. The summed E-state index contributed by atoms with van der Waals surface area (Å²) in [6.07, 6.45) is 0. The Morgan fingerprint density at radius 3 is 2.66 bits per heavy atom. The summed E-state index contributed by atoms with van der Waals surface area (Å²) in [7, 11) is 1.86. The van der Waals surface area contributed by atoms with Gasteiger partial charge < -0.3 is 9.88 Å². The molecule has 1 N–H and O–H groups in total. The van der Waals surface area contributed by atoms with Crippen LogP contribution in [0.3, 0.4) is 0 Å². The summed E-state index contributed by atoms with van der Waals surface area (Å²) in [4.78, 5) is 23.1. The average molecular weight is 411 g/mol. The number of aryl methyl sites for hydroxylation is 2. The molecule has 0 radical (unpaired) electrons. The number of aromatic nitrogens is 3. The first-order valence-corrected chi connectivity index (χ1v) is 9.83. The van der Waals surface area contributed by atoms with Crippen LogP contribution in [0.1, 0.15) is 18.1 Å². The van der Waals surface area contributed by atoms with Crippen molar-refractivity contribution < 1.29 is 9.72 Å². The van der Waals surface area contributed by atoms with Crippen LogP contribution in [0.4, 0.5) is 11.4 Å². The van der Waals surface area contributed by atoms with E-state index in [0.29, 0.717) is 10.8 Å². The van der Waals surface area contributed by atoms with Gasteiger partial charge in [0.05, 0.1) is 15.9 Å². The van der Waals surface area contributed by atoms with Crippen LogP contribution < -0.4 is 5.32 Å². The van der Waals surface area contributed by atoms with Gasteiger partial charge in [0.1, 0.15) is 0 Å². The van der Waals surface area contributed by atoms with Crippen molar-refractivity contribution in [2.24, 2.45) is 7.05 Å². The number of hydrogen-bond donors (Lipinski definition) is 1. The molecule has 0 spiro atoms. The molecule has 1 amide bonds. The van der Waals surface area contributed by atoms with Crippen molar-refractivity contribution >= 4 is 29.0 Å². The van der Waals surface area contributed by atoms with Crippen LogP contribution in [0.25, 0.3) is 11.4 Å². The zero-order chi connectivity index (χ0) is 21.1. The Hall–Kier alpha value is -3.20. The first kappa shape index (κ1) is 20.5. The van der Waals surface area contributed by atoms with Crippen LogP contribution in [0, 0.1) is 24.0 Å². The summed E-state index contributed by atoms with van der Waals surface area (Å²) in [6.45, 7) is 5.56. The number of non-ortho nitro benzene ring substituents is 1. The molecule has 8 nitrogen and oxygen atoms in total. The second-order valence-corrected chi connectivity index (χ2v) is 8.05. The van der Waals surface area contributed by atoms with Crippen LogP contribution >= 0.6 is 11.8 Å². The summed E-state index contributed by atoms with van der Waals surface area (Å²) >= 11 is 1.28. The number of hydrogen-bond acceptors (Lipinski definition) is 6. The summed E-state index contributed by atoms with van der Waals surface area (Å²) in [6, 6.07) is 12.4. The molecule has 0 bridgehead atoms. The molecule has 29 heavy (non-hydrogen) atoms. The Bertz CT molecular complexity index is 1080. The number of benzene rings is 2. The standard InChI is InChI=1S/C20H21N5O3S/c1-12-6-5-7-15(10-12)18-22-23-20(24(18)4)29-14(3)19(26)21-17-11-16(25(27)28)9-8-13(17)2/h5-11,14H,1-4H3,(H,21,26)/t14-/m1/s1. The fourth-order valence-corrected chi connectivity index (χ4v) is 3.57. The van der Waals surface area contributed by atoms with E-state index < -0.39 is 10.2 Å². The third-order valence-corrected chi connectivity index (χ3v) is 5.59. The molecule has 0 aliphatic rings. The first-order chi connectivity index (χ1) is 13.8. The smallest absolute Gasteiger partial charge is 0.271 e. The highest BCUT2D eigenvalue weighted by molar-refractivity contribution is 8.00. The van der Waals surface area contributed by atoms with E-state index in [-0.39, 0.29) is 11.6 Å². The Morgan fingerprint density at radius 1 is 1.21 bits per heavy atom. The van der Waals surface area contributed by atoms with Gasteiger partial charge in [0.2, 0.25) is 5.91 Å². The first-order valence-electron chi connectivity index (χ1n) is 8.95. The maximum Gasteiger partial charge on any atom is 0.271 e. The van der Waals surface area contributed by atoms with Crippen molar-refractivity contribution in [1.82, 2.24) is 14.8 Å². The maximum absolute atomic E-state index is 12.6. The van der Waals surface area contributed by atoms with Crippen molar-refractivity contribution in [3.63, 3.8) is 0 Å². The summed E-state index contributed by atoms with van der Waals surface area (Å²) < 4.78 is 1.85. The molecule has 1 aromatic heterocycles. The average Bonchev–Trinajstić information content (AvgIpc) is 3.03. The number of nitro groups is 1. The lowest BCUT2D eigenvalue weighted by molar-refractivity contribution is -0.384. The van der Waals surface area contributed by atoms with Crippen LogP contribution in [0.5, 0.6) is 0 Å². The number of nitrogens with one attached hydrogen (secondary N) is 1. The van der Waals surface area contributed by atoms with E-state index in [2.05, 4.69) is 15.5 Å². The SMILES string of the molecule is Cc1cccc(-c2nnc(S[C@H](C)C(=O)Nc3cc([N+](=O)[O-])ccc3C)n2C)c1. The predicted octanol–water partition coefficient (Wildman–Crippen LogP) is 4.13. The molecule has 0 saturated carbocycles. The molecule has 2 aromatic carbocycles. The Labute approximate surface area is 172 Å². The van der Waals surface area contributed by atoms with E-state index in [0.717, 1.165) is 22.5 Å². The summed E-state index contributed by atoms with van der Waals surface area (Å²) in [5.41, 5.74) is 3.19. The molecule has 0 unspecified atom stereocenters. The quantitative estimate of drug-likeness (QED) is 0.372. The minimum absolute atomic E-state index is 0.0673. The number of rotatable bonds is 6. The Morgan fingerprint density at radius 2 is 1.97 bits per heavy atom. The van der Waals surface area contributed by atoms with Crippen molar-refractivity contribution in [3.05, 3.63) is 63.7 Å². The molecule has 150 valence electrons. The van der Waals surface area contributed by atoms with Crippen molar-refractivity contribution in [2.75, 3.05) is 5.32 Å². The van der Waals surface area contributed by atoms with Gasteiger partial charge in [-0.3, -0.25) is 14.9 Å². The van der Waals surface area contributed by atoms with Crippen LogP contribution in [-0.2, 0) is 11.8 Å². The van der Waals surface area contributed by atoms with Crippen molar-refractivity contribution in [3.8, 4) is 11.4 Å². The van der Waals surface area contributed by atoms with Gasteiger partial charge in [-0.25, -0.2) is 0 Å². The van der Waals surface area contributed by atoms with Gasteiger partial charge in [0, 0.05) is 24.7 Å². The van der Waals surface area contributed by atoms with Gasteiger partial charge >= 0.3 is 0 Å². The molecular formula is C20H21N5O3S. The predicted molar refractivity (Wildman–Crippen MR) is 113 cm³/mol. The highest BCUT2D eigenvalue weighted by Crippen LogP contribution is 2.28. The molecule has 0 fully saturated rings. The molecular weight excluding hydrogens is 390 g/mol. The monoisotopic (exact) mass is 411 g/mol. The fourth-order valence-electron chi connectivity index (χ4n) is 2.76. The molecule has 9 heteroatoms. The Kier molecular flexibility index (Phi) is 5.97. The zero-order valence-electron chi connectivity index (χ0n) is 16.5. The van der Waals surface area contributed by atoms with E-state index in [1.54, 1.807) is 19.9 Å². The highest BCUT2D eigenvalue weighted by atomic mass is 32.2. The van der Waals surface area contributed by atoms with Crippen LogP contribution in [-0.4, -0.2) is 30.8 Å². The van der Waals surface area contributed by atoms with E-state index in [1.807, 2.05) is 42.8 Å². The van der Waals surface area contributed by atoms with E-state index in [9.17, 15) is 14.9 Å². The largest absolute Gasteiger partial charge is 0.325 e. The lowest BCUT2D eigenvalue weighted by atomic mass is 10.1. The second kappa shape index (κ2) is 8.44. The minimum atomic E-state index is -0.486. The van der Waals surface area contributed by atoms with Gasteiger partial charge in [-0.15, -0.1) is 10.2 Å². The number of nitro benzene ring substituents is 1. The molecule has 1 heterocycles. The third kappa shape index (κ3) is 4.62. The van der Waals surface area contributed by atoms with Gasteiger partial charge in [-0.1, -0.05) is 41.6 Å². The molecule has 0 aliphatic heterocycles. The number of thioether (sulfide) groups is 1. The van der Waals surface area contributed by atoms with E-state index in [1.165, 1.54) is 23.9 Å². The summed E-state index contributed by atoms with van der Waals surface area (Å²) in [5.74, 6) is 0.456. The number of anilines is 1. The number of amides is 1. The lowest BCUT2D eigenvalue weighted by Gasteiger charge is -2.13. The van der Waals surface area contributed by atoms with Gasteiger partial charge in [-0.05, 0) is 32.4 Å². The van der Waals surface area contributed by atoms with Gasteiger partial charge in [0.25, 0.3) is 5.69 Å². The van der Waals surface area contributed by atoms with E-state index >= 15 is 0 Å². The normalized spacial score (nSPS) is 11.9. The number of nitrogens with zero attached hydrogens (tertiary/aromatic N) is 4. The second-order valence-electron chi connectivity index (χ2n) is 6.74. The van der Waals surface area contributed by atoms with Crippen molar-refractivity contribution in [2.45, 2.75) is 31.2 Å². The van der Waals surface area contributed by atoms with Gasteiger partial charge in [0.15, 0.2) is 11.0 Å². The molecule has 0 saturated heterocycles. The third-order valence-electron chi connectivity index (χ3n) is 4.45. The minimum Gasteiger partial charge on any atom is -0.325 e. The molecule has 1 atom stereocenters. The summed E-state index contributed by atoms with van der Waals surface area (Å²) in [5, 5.41) is 22.4. The fraction of sp³-hybridized carbons (Fsp3) is 0.250. The number of carbonyl (C=O) groups excluding carboxylic acids is 1. The maximum atomic E-state index is 12.6. The molecule has 3 aromatic rings. The zero-order valence-corrected chi connectivity index (χ0v) is 17.4. The molecule has 3 rings (SSSR count). The van der Waals surface area contributed by atoms with Crippen LogP contribution in [0.15, 0.2) is 47.6 Å². The van der Waals surface area contributed by atoms with E-state index in [4.69, 9.17) is 0 Å². The topological polar surface area (TPSA) is 103 Å².